The molecule has 7 nitrogen and oxygen atoms in total. The number of hydrogen-bond acceptors (Lipinski definition) is 6. The molecule has 0 aromatic heterocycles. The third-order valence-corrected chi connectivity index (χ3v) is 5.61. The Bertz CT molecular complexity index is 1220. The van der Waals surface area contributed by atoms with Crippen molar-refractivity contribution < 1.29 is 19.1 Å². The number of carbonyl (C=O) groups excluding carboxylic acids is 3. The van der Waals surface area contributed by atoms with Crippen molar-refractivity contribution in [2.75, 3.05) is 10.6 Å². The van der Waals surface area contributed by atoms with Crippen LogP contribution < -0.4 is 10.6 Å². The highest BCUT2D eigenvalue weighted by molar-refractivity contribution is 7.99. The summed E-state index contributed by atoms with van der Waals surface area (Å²) in [6.07, 6.45) is -1.04. The monoisotopic (exact) mass is 459 g/mol. The summed E-state index contributed by atoms with van der Waals surface area (Å²) in [5.74, 6) is -1.33. The number of nitriles is 1. The summed E-state index contributed by atoms with van der Waals surface area (Å²) in [7, 11) is 0. The van der Waals surface area contributed by atoms with Gasteiger partial charge in [-0.25, -0.2) is 4.79 Å². The molecule has 3 aromatic carbocycles. The zero-order chi connectivity index (χ0) is 23.8. The van der Waals surface area contributed by atoms with E-state index in [0.29, 0.717) is 32.3 Å². The zero-order valence-electron chi connectivity index (χ0n) is 18.0. The first-order chi connectivity index (χ1) is 15.9. The fourth-order valence-corrected chi connectivity index (χ4v) is 3.87. The van der Waals surface area contributed by atoms with Gasteiger partial charge in [-0.05, 0) is 55.5 Å². The minimum Gasteiger partial charge on any atom is -0.449 e. The number of rotatable bonds is 7. The molecule has 0 aliphatic heterocycles. The summed E-state index contributed by atoms with van der Waals surface area (Å²) < 4.78 is 5.40. The number of nitrogens with one attached hydrogen (secondary N) is 2. The molecule has 0 saturated carbocycles. The average molecular weight is 460 g/mol. The topological polar surface area (TPSA) is 108 Å². The molecule has 3 rings (SSSR count). The van der Waals surface area contributed by atoms with Crippen molar-refractivity contribution in [2.45, 2.75) is 29.7 Å². The molecule has 0 aliphatic carbocycles. The molecule has 8 heteroatoms. The maximum atomic E-state index is 12.8. The molecule has 1 atom stereocenters. The van der Waals surface area contributed by atoms with E-state index in [2.05, 4.69) is 16.7 Å². The standard InChI is InChI=1S/C25H21N3O4S/c1-16(24(30)28-20-13-11-19(12-14-20)27-17(2)29)32-25(31)21-8-4-6-10-23(21)33-22-9-5-3-7-18(22)15-26/h3-14,16H,1-2H3,(H,27,29)(H,28,30)/t16-/m0/s1. The molecule has 2 amide bonds. The number of esters is 1. The second kappa shape index (κ2) is 11.0. The Morgan fingerprint density at radius 1 is 0.879 bits per heavy atom. The Kier molecular flexibility index (Phi) is 7.84. The Balaban J connectivity index is 1.67. The van der Waals surface area contributed by atoms with E-state index >= 15 is 0 Å². The summed E-state index contributed by atoms with van der Waals surface area (Å²) in [5, 5.41) is 14.6. The van der Waals surface area contributed by atoms with Crippen molar-refractivity contribution in [1.82, 2.24) is 0 Å². The molecular formula is C25H21N3O4S. The first-order valence-electron chi connectivity index (χ1n) is 10.0. The van der Waals surface area contributed by atoms with Gasteiger partial charge in [-0.1, -0.05) is 36.0 Å². The fraction of sp³-hybridized carbons (Fsp3) is 0.120. The third kappa shape index (κ3) is 6.45. The Hall–Kier alpha value is -4.09. The van der Waals surface area contributed by atoms with E-state index in [0.717, 1.165) is 0 Å². The van der Waals surface area contributed by atoms with E-state index in [1.807, 2.05) is 6.07 Å². The molecule has 0 spiro atoms. The van der Waals surface area contributed by atoms with E-state index in [9.17, 15) is 19.6 Å². The molecule has 3 aromatic rings. The number of nitrogens with zero attached hydrogens (tertiary/aromatic N) is 1. The van der Waals surface area contributed by atoms with E-state index in [1.54, 1.807) is 66.7 Å². The normalized spacial score (nSPS) is 11.1. The van der Waals surface area contributed by atoms with Gasteiger partial charge in [0.05, 0.1) is 11.1 Å². The van der Waals surface area contributed by atoms with Crippen LogP contribution in [-0.2, 0) is 14.3 Å². The lowest BCUT2D eigenvalue weighted by Gasteiger charge is -2.15. The van der Waals surface area contributed by atoms with Gasteiger partial charge < -0.3 is 15.4 Å². The molecular weight excluding hydrogens is 438 g/mol. The lowest BCUT2D eigenvalue weighted by atomic mass is 10.2. The molecule has 0 radical (unpaired) electrons. The summed E-state index contributed by atoms with van der Waals surface area (Å²) in [6, 6.07) is 22.7. The summed E-state index contributed by atoms with van der Waals surface area (Å²) in [6.45, 7) is 2.89. The van der Waals surface area contributed by atoms with Crippen LogP contribution in [-0.4, -0.2) is 23.9 Å². The highest BCUT2D eigenvalue weighted by Gasteiger charge is 2.21. The summed E-state index contributed by atoms with van der Waals surface area (Å²) in [5.41, 5.74) is 1.91. The van der Waals surface area contributed by atoms with Gasteiger partial charge >= 0.3 is 5.97 Å². The molecule has 0 heterocycles. The molecule has 0 unspecified atom stereocenters. The van der Waals surface area contributed by atoms with Gasteiger partial charge in [0.1, 0.15) is 6.07 Å². The van der Waals surface area contributed by atoms with E-state index in [-0.39, 0.29) is 5.91 Å². The van der Waals surface area contributed by atoms with Crippen LogP contribution in [0, 0.1) is 11.3 Å². The van der Waals surface area contributed by atoms with Gasteiger partial charge in [-0.15, -0.1) is 0 Å². The van der Waals surface area contributed by atoms with Crippen molar-refractivity contribution in [3.05, 3.63) is 83.9 Å². The zero-order valence-corrected chi connectivity index (χ0v) is 18.8. The second-order valence-electron chi connectivity index (χ2n) is 7.00. The van der Waals surface area contributed by atoms with Crippen LogP contribution in [0.3, 0.4) is 0 Å². The van der Waals surface area contributed by atoms with E-state index in [1.165, 1.54) is 25.6 Å². The van der Waals surface area contributed by atoms with Gasteiger partial charge in [-0.3, -0.25) is 9.59 Å². The van der Waals surface area contributed by atoms with Crippen molar-refractivity contribution in [2.24, 2.45) is 0 Å². The number of anilines is 2. The van der Waals surface area contributed by atoms with Gasteiger partial charge in [0.15, 0.2) is 6.10 Å². The lowest BCUT2D eigenvalue weighted by Crippen LogP contribution is -2.30. The predicted molar refractivity (Wildman–Crippen MR) is 126 cm³/mol. The van der Waals surface area contributed by atoms with Crippen LogP contribution in [0.2, 0.25) is 0 Å². The fourth-order valence-electron chi connectivity index (χ4n) is 2.85. The number of amides is 2. The number of benzene rings is 3. The molecule has 33 heavy (non-hydrogen) atoms. The Morgan fingerprint density at radius 3 is 2.09 bits per heavy atom. The van der Waals surface area contributed by atoms with Gasteiger partial charge in [0.2, 0.25) is 5.91 Å². The van der Waals surface area contributed by atoms with Crippen LogP contribution >= 0.6 is 11.8 Å². The molecule has 0 fully saturated rings. The number of hydrogen-bond donors (Lipinski definition) is 2. The molecule has 0 aliphatic rings. The van der Waals surface area contributed by atoms with E-state index < -0.39 is 18.0 Å². The van der Waals surface area contributed by atoms with Crippen molar-refractivity contribution in [1.29, 1.82) is 5.26 Å². The SMILES string of the molecule is CC(=O)Nc1ccc(NC(=O)[C@H](C)OC(=O)c2ccccc2Sc2ccccc2C#N)cc1. The Labute approximate surface area is 195 Å². The molecule has 2 N–H and O–H groups in total. The van der Waals surface area contributed by atoms with Crippen molar-refractivity contribution in [3.63, 3.8) is 0 Å². The highest BCUT2D eigenvalue weighted by Crippen LogP contribution is 2.33. The van der Waals surface area contributed by atoms with Crippen LogP contribution in [0.5, 0.6) is 0 Å². The molecule has 166 valence electrons. The van der Waals surface area contributed by atoms with Crippen molar-refractivity contribution in [3.8, 4) is 6.07 Å². The maximum Gasteiger partial charge on any atom is 0.340 e. The maximum absolute atomic E-state index is 12.8. The van der Waals surface area contributed by atoms with Crippen LogP contribution in [0.1, 0.15) is 29.8 Å². The van der Waals surface area contributed by atoms with Crippen LogP contribution in [0.4, 0.5) is 11.4 Å². The van der Waals surface area contributed by atoms with E-state index in [4.69, 9.17) is 4.74 Å². The average Bonchev–Trinajstić information content (AvgIpc) is 2.80. The lowest BCUT2D eigenvalue weighted by molar-refractivity contribution is -0.123. The highest BCUT2D eigenvalue weighted by atomic mass is 32.2. The number of ether oxygens (including phenoxy) is 1. The first kappa shape index (κ1) is 23.6. The second-order valence-corrected chi connectivity index (χ2v) is 8.09. The number of carbonyl (C=O) groups is 3. The smallest absolute Gasteiger partial charge is 0.340 e. The largest absolute Gasteiger partial charge is 0.449 e. The third-order valence-electron chi connectivity index (χ3n) is 4.46. The quantitative estimate of drug-likeness (QED) is 0.489. The summed E-state index contributed by atoms with van der Waals surface area (Å²) in [4.78, 5) is 37.7. The van der Waals surface area contributed by atoms with Crippen LogP contribution in [0.25, 0.3) is 0 Å². The minimum atomic E-state index is -1.04. The van der Waals surface area contributed by atoms with Crippen molar-refractivity contribution >= 4 is 40.9 Å². The van der Waals surface area contributed by atoms with Crippen LogP contribution in [0.15, 0.2) is 82.6 Å². The molecule has 0 bridgehead atoms. The Morgan fingerprint density at radius 2 is 1.45 bits per heavy atom. The minimum absolute atomic E-state index is 0.193. The first-order valence-corrected chi connectivity index (χ1v) is 10.8. The van der Waals surface area contributed by atoms with Gasteiger partial charge in [0, 0.05) is 28.1 Å². The van der Waals surface area contributed by atoms with Gasteiger partial charge in [0.25, 0.3) is 5.91 Å². The summed E-state index contributed by atoms with van der Waals surface area (Å²) >= 11 is 1.28. The molecule has 0 saturated heterocycles. The van der Waals surface area contributed by atoms with Gasteiger partial charge in [-0.2, -0.15) is 5.26 Å². The predicted octanol–water partition coefficient (Wildman–Crippen LogP) is 4.85.